The molecule has 13 heteroatoms. The fourth-order valence-corrected chi connectivity index (χ4v) is 5.23. The second-order valence-corrected chi connectivity index (χ2v) is 12.7. The van der Waals surface area contributed by atoms with Gasteiger partial charge in [-0.25, -0.2) is 41.8 Å². The van der Waals surface area contributed by atoms with Crippen LogP contribution in [0.1, 0.15) is 11.1 Å². The number of rotatable bonds is 6. The summed E-state index contributed by atoms with van der Waals surface area (Å²) in [6.07, 6.45) is 0. The van der Waals surface area contributed by atoms with Gasteiger partial charge in [0.2, 0.25) is 0 Å². The molecule has 252 valence electrons. The average molecular weight is 745 g/mol. The molecule has 0 amide bonds. The quantitative estimate of drug-likeness (QED) is 0.0737. The van der Waals surface area contributed by atoms with Crippen molar-refractivity contribution in [3.05, 3.63) is 180 Å². The second kappa shape index (κ2) is 19.5. The van der Waals surface area contributed by atoms with Crippen molar-refractivity contribution in [2.45, 2.75) is 23.6 Å². The van der Waals surface area contributed by atoms with Gasteiger partial charge in [-0.2, -0.15) is 53.2 Å². The summed E-state index contributed by atoms with van der Waals surface area (Å²) in [6.45, 7) is 3.59. The van der Waals surface area contributed by atoms with Gasteiger partial charge in [0.05, 0.1) is 23.1 Å². The number of benzene rings is 4. The van der Waals surface area contributed by atoms with Crippen LogP contribution in [0.2, 0.25) is 0 Å². The Kier molecular flexibility index (Phi) is 16.2. The Hall–Kier alpha value is -4.49. The molecule has 0 radical (unpaired) electrons. The molecule has 0 saturated heterocycles. The number of hydrogen-bond acceptors (Lipinski definition) is 6. The van der Waals surface area contributed by atoms with Gasteiger partial charge in [-0.1, -0.05) is 35.4 Å². The van der Waals surface area contributed by atoms with E-state index in [0.717, 1.165) is 35.4 Å². The van der Waals surface area contributed by atoms with Crippen molar-refractivity contribution in [2.24, 2.45) is 0 Å². The van der Waals surface area contributed by atoms with Crippen molar-refractivity contribution in [3.63, 3.8) is 0 Å². The summed E-state index contributed by atoms with van der Waals surface area (Å²) >= 11 is 0. The number of halogens is 4. The molecule has 0 aliphatic heterocycles. The standard InChI is InChI=1S/2C13H9F2O3S.2C5H5.Ti/c2*1-9-2-5-11(6-3-9)19(16,17)18-13-7-4-10(14)8-12(13)15;2*1-2-4-5-3-1;/h2*2-7H,1H3;2*1-5H;/q4*-1;+4. The van der Waals surface area contributed by atoms with Gasteiger partial charge >= 0.3 is 42.0 Å². The molecular formula is C36H28F4O6S2Ti. The van der Waals surface area contributed by atoms with E-state index in [0.29, 0.717) is 0 Å². The Morgan fingerprint density at radius 2 is 0.816 bits per heavy atom. The minimum Gasteiger partial charge on any atom is -0.440 e. The van der Waals surface area contributed by atoms with Crippen LogP contribution in [0.5, 0.6) is 11.5 Å². The third kappa shape index (κ3) is 13.9. The minimum atomic E-state index is -4.15. The average Bonchev–Trinajstić information content (AvgIpc) is 3.81. The van der Waals surface area contributed by atoms with E-state index in [9.17, 15) is 34.4 Å². The van der Waals surface area contributed by atoms with Crippen molar-refractivity contribution >= 4 is 20.2 Å². The molecule has 0 fully saturated rings. The summed E-state index contributed by atoms with van der Waals surface area (Å²) in [6, 6.07) is 38.6. The van der Waals surface area contributed by atoms with E-state index in [4.69, 9.17) is 0 Å². The summed E-state index contributed by atoms with van der Waals surface area (Å²) < 4.78 is 108. The molecule has 0 unspecified atom stereocenters. The van der Waals surface area contributed by atoms with Gasteiger partial charge in [-0.3, -0.25) is 0 Å². The van der Waals surface area contributed by atoms with Crippen molar-refractivity contribution in [1.29, 1.82) is 0 Å². The van der Waals surface area contributed by atoms with E-state index < -0.39 is 55.0 Å². The van der Waals surface area contributed by atoms with Crippen LogP contribution >= 0.6 is 0 Å². The normalized spacial score (nSPS) is 10.4. The molecule has 0 aliphatic carbocycles. The first-order valence-electron chi connectivity index (χ1n) is 13.9. The zero-order chi connectivity index (χ0) is 35.2. The van der Waals surface area contributed by atoms with Gasteiger partial charge in [0, 0.05) is 11.6 Å². The second-order valence-electron chi connectivity index (χ2n) is 9.59. The first-order valence-corrected chi connectivity index (χ1v) is 16.7. The Bertz CT molecular complexity index is 1870. The Balaban J connectivity index is 0.000000260. The summed E-state index contributed by atoms with van der Waals surface area (Å²) in [5.41, 5.74) is 1.75. The van der Waals surface area contributed by atoms with Crippen LogP contribution in [0.25, 0.3) is 0 Å². The van der Waals surface area contributed by atoms with E-state index in [-0.39, 0.29) is 31.5 Å². The maximum absolute atomic E-state index is 13.3. The predicted molar refractivity (Wildman–Crippen MR) is 172 cm³/mol. The van der Waals surface area contributed by atoms with Crippen molar-refractivity contribution < 1.29 is 64.5 Å². The fourth-order valence-electron chi connectivity index (χ4n) is 3.37. The van der Waals surface area contributed by atoms with Crippen LogP contribution in [0.3, 0.4) is 0 Å². The Morgan fingerprint density at radius 3 is 1.06 bits per heavy atom. The first-order chi connectivity index (χ1) is 22.8. The monoisotopic (exact) mass is 744 g/mol. The fraction of sp³-hybridized carbons (Fsp3) is 0.0556. The first kappa shape index (κ1) is 40.7. The summed E-state index contributed by atoms with van der Waals surface area (Å²) in [5, 5.41) is 0. The van der Waals surface area contributed by atoms with Crippen LogP contribution < -0.4 is 8.37 Å². The van der Waals surface area contributed by atoms with Gasteiger partial charge in [0.15, 0.2) is 0 Å². The number of hydrogen-bond donors (Lipinski definition) is 0. The molecule has 0 saturated carbocycles. The summed E-state index contributed by atoms with van der Waals surface area (Å²) in [4.78, 5) is -0.219. The molecule has 0 bridgehead atoms. The van der Waals surface area contributed by atoms with Crippen LogP contribution in [0.15, 0.2) is 143 Å². The van der Waals surface area contributed by atoms with Gasteiger partial charge in [-0.15, -0.1) is 36.4 Å². The molecule has 49 heavy (non-hydrogen) atoms. The van der Waals surface area contributed by atoms with Gasteiger partial charge < -0.3 is 8.37 Å². The van der Waals surface area contributed by atoms with Gasteiger partial charge in [-0.05, 0) is 38.1 Å². The molecule has 0 aromatic heterocycles. The van der Waals surface area contributed by atoms with E-state index in [1.165, 1.54) is 24.3 Å². The van der Waals surface area contributed by atoms with Gasteiger partial charge in [0.25, 0.3) is 0 Å². The molecule has 6 rings (SSSR count). The maximum Gasteiger partial charge on any atom is 4.00 e. The van der Waals surface area contributed by atoms with E-state index >= 15 is 0 Å². The summed E-state index contributed by atoms with van der Waals surface area (Å²) in [5.74, 6) is -5.45. The number of aryl methyl sites for hydroxylation is 2. The van der Waals surface area contributed by atoms with E-state index in [2.05, 4.69) is 8.37 Å². The zero-order valence-electron chi connectivity index (χ0n) is 26.0. The van der Waals surface area contributed by atoms with Crippen LogP contribution in [-0.2, 0) is 42.0 Å². The van der Waals surface area contributed by atoms with Crippen molar-refractivity contribution in [2.75, 3.05) is 0 Å². The Labute approximate surface area is 298 Å². The van der Waals surface area contributed by atoms with Gasteiger partial charge in [0.1, 0.15) is 9.79 Å². The third-order valence-corrected chi connectivity index (χ3v) is 8.28. The largest absolute Gasteiger partial charge is 4.00 e. The van der Waals surface area contributed by atoms with Crippen LogP contribution in [-0.4, -0.2) is 16.8 Å². The summed E-state index contributed by atoms with van der Waals surface area (Å²) in [7, 11) is -8.30. The van der Waals surface area contributed by atoms with E-state index in [1.54, 1.807) is 50.2 Å². The minimum absolute atomic E-state index is 0. The topological polar surface area (TPSA) is 86.7 Å². The molecule has 0 heterocycles. The van der Waals surface area contributed by atoms with Crippen LogP contribution in [0, 0.1) is 49.2 Å². The molecule has 6 aromatic carbocycles. The molecule has 6 nitrogen and oxygen atoms in total. The third-order valence-electron chi connectivity index (χ3n) is 5.78. The molecule has 0 N–H and O–H groups in total. The van der Waals surface area contributed by atoms with E-state index in [1.807, 2.05) is 60.7 Å². The predicted octanol–water partition coefficient (Wildman–Crippen LogP) is 8.49. The van der Waals surface area contributed by atoms with Crippen molar-refractivity contribution in [1.82, 2.24) is 0 Å². The smallest absolute Gasteiger partial charge is 0.440 e. The Morgan fingerprint density at radius 1 is 0.510 bits per heavy atom. The molecule has 0 atom stereocenters. The molecular weight excluding hydrogens is 716 g/mol. The SMILES string of the molecule is Cc1ccc(S(=O)(=O)Oc2ccc(F)[c-]c2F)cc1.Cc1ccc(S(=O)(=O)Oc2ccc(F)[c-]c2F)cc1.[Ti+4].c1cc[cH-]c1.c1cc[cH-]c1. The van der Waals surface area contributed by atoms with Crippen molar-refractivity contribution in [3.8, 4) is 11.5 Å². The maximum atomic E-state index is 13.3. The molecule has 0 spiro atoms. The van der Waals surface area contributed by atoms with Crippen LogP contribution in [0.4, 0.5) is 17.6 Å². The molecule has 0 aliphatic rings. The zero-order valence-corrected chi connectivity index (χ0v) is 29.2. The molecule has 6 aromatic rings.